The molecule has 1 aromatic heterocycles. The Kier molecular flexibility index (Phi) is 7.44. The number of allylic oxidation sites excluding steroid dienone is 1. The van der Waals surface area contributed by atoms with Crippen LogP contribution in [0.1, 0.15) is 70.4 Å². The van der Waals surface area contributed by atoms with Crippen molar-refractivity contribution < 1.29 is 22.9 Å². The van der Waals surface area contributed by atoms with Crippen LogP contribution in [0.3, 0.4) is 0 Å². The van der Waals surface area contributed by atoms with Crippen LogP contribution in [0.15, 0.2) is 50.7 Å². The third-order valence-corrected chi connectivity index (χ3v) is 12.0. The number of halogens is 1. The molecule has 38 heavy (non-hydrogen) atoms. The minimum absolute atomic E-state index is 0.000713. The van der Waals surface area contributed by atoms with Gasteiger partial charge in [0, 0.05) is 22.2 Å². The smallest absolute Gasteiger partial charge is 0.294 e. The third kappa shape index (κ3) is 4.91. The molecule has 2 aromatic rings. The molecule has 4 aliphatic carbocycles. The summed E-state index contributed by atoms with van der Waals surface area (Å²) in [5.41, 5.74) is 8.47. The molecule has 0 amide bonds. The molecule has 0 spiro atoms. The SMILES string of the molecule is C[C@@]12C[C@H](O)[C@@H]3[C@H](CCC4=CC(=O)CC[C@]43C)[C@H]1CC[C@H]2c1csc(N)n1.O=S(=O)(O)c1ccc(Br)cc1. The first-order valence-electron chi connectivity index (χ1n) is 13.2. The summed E-state index contributed by atoms with van der Waals surface area (Å²) in [6.45, 7) is 4.71. The molecule has 10 heteroatoms. The summed E-state index contributed by atoms with van der Waals surface area (Å²) in [6, 6.07) is 5.73. The average molecular weight is 624 g/mol. The van der Waals surface area contributed by atoms with Crippen LogP contribution in [0, 0.1) is 28.6 Å². The highest BCUT2D eigenvalue weighted by Crippen LogP contribution is 2.68. The highest BCUT2D eigenvalue weighted by atomic mass is 79.9. The van der Waals surface area contributed by atoms with E-state index in [-0.39, 0.29) is 27.6 Å². The molecule has 0 aliphatic heterocycles. The van der Waals surface area contributed by atoms with E-state index in [9.17, 15) is 18.3 Å². The maximum absolute atomic E-state index is 12.0. The summed E-state index contributed by atoms with van der Waals surface area (Å²) in [5.74, 6) is 2.16. The number of hydrogen-bond acceptors (Lipinski definition) is 7. The molecule has 0 saturated heterocycles. The molecular weight excluding hydrogens is 588 g/mol. The Balaban J connectivity index is 0.000000226. The molecule has 3 saturated carbocycles. The fourth-order valence-electron chi connectivity index (χ4n) is 8.24. The topological polar surface area (TPSA) is 131 Å². The molecule has 0 bridgehead atoms. The van der Waals surface area contributed by atoms with E-state index in [4.69, 9.17) is 10.3 Å². The predicted molar refractivity (Wildman–Crippen MR) is 151 cm³/mol. The molecule has 7 nitrogen and oxygen atoms in total. The molecule has 206 valence electrons. The number of rotatable bonds is 2. The molecule has 7 atom stereocenters. The molecule has 1 heterocycles. The number of aliphatic hydroxyl groups excluding tert-OH is 1. The van der Waals surface area contributed by atoms with Crippen molar-refractivity contribution in [3.8, 4) is 0 Å². The van der Waals surface area contributed by atoms with E-state index < -0.39 is 10.1 Å². The van der Waals surface area contributed by atoms with Gasteiger partial charge in [0.1, 0.15) is 0 Å². The van der Waals surface area contributed by atoms with E-state index in [0.717, 1.165) is 42.3 Å². The zero-order chi connectivity index (χ0) is 27.5. The molecule has 0 unspecified atom stereocenters. The largest absolute Gasteiger partial charge is 0.393 e. The Morgan fingerprint density at radius 2 is 1.84 bits per heavy atom. The maximum atomic E-state index is 12.0. The van der Waals surface area contributed by atoms with Crippen LogP contribution in [0.4, 0.5) is 5.13 Å². The van der Waals surface area contributed by atoms with Crippen molar-refractivity contribution in [2.24, 2.45) is 28.6 Å². The number of fused-ring (bicyclic) bond motifs is 5. The second-order valence-corrected chi connectivity index (χ2v) is 15.1. The first kappa shape index (κ1) is 28.0. The highest BCUT2D eigenvalue weighted by Gasteiger charge is 2.62. The fraction of sp³-hybridized carbons (Fsp3) is 0.571. The first-order valence-corrected chi connectivity index (χ1v) is 16.3. The van der Waals surface area contributed by atoms with E-state index in [1.807, 2.05) is 6.08 Å². The predicted octanol–water partition coefficient (Wildman–Crippen LogP) is 6.01. The number of benzene rings is 1. The van der Waals surface area contributed by atoms with Gasteiger partial charge in [-0.05, 0) is 97.5 Å². The van der Waals surface area contributed by atoms with E-state index in [0.29, 0.717) is 35.2 Å². The summed E-state index contributed by atoms with van der Waals surface area (Å²) in [4.78, 5) is 16.5. The first-order chi connectivity index (χ1) is 17.8. The number of nitrogen functional groups attached to an aromatic ring is 1. The monoisotopic (exact) mass is 622 g/mol. The standard InChI is InChI=1S/C22H30N2O2S.C6H5BrO3S/c1-21-8-7-13(25)9-12(21)3-4-14-15-5-6-16(17-11-27-20(23)24-17)22(15,2)10-18(26)19(14)21;7-5-1-3-6(4-2-5)11(8,9)10/h9,11,14-16,18-19,26H,3-8,10H2,1-2H3,(H2,23,24);1-4H,(H,8,9,10)/t14-,15-,16+,18+,19+,21-,22-;/m1./s1. The van der Waals surface area contributed by atoms with Crippen molar-refractivity contribution in [2.75, 3.05) is 5.73 Å². The van der Waals surface area contributed by atoms with Gasteiger partial charge in [-0.25, -0.2) is 4.98 Å². The van der Waals surface area contributed by atoms with Crippen LogP contribution in [-0.2, 0) is 14.9 Å². The van der Waals surface area contributed by atoms with Crippen molar-refractivity contribution >= 4 is 48.3 Å². The number of nitrogens with two attached hydrogens (primary N) is 1. The number of hydrogen-bond donors (Lipinski definition) is 3. The minimum atomic E-state index is -4.04. The maximum Gasteiger partial charge on any atom is 0.294 e. The Hall–Kier alpha value is -1.59. The van der Waals surface area contributed by atoms with Crippen molar-refractivity contribution in [3.05, 3.63) is 51.5 Å². The van der Waals surface area contributed by atoms with Crippen molar-refractivity contribution in [1.82, 2.24) is 4.98 Å². The summed E-state index contributed by atoms with van der Waals surface area (Å²) in [6.07, 6.45) is 8.52. The van der Waals surface area contributed by atoms with Gasteiger partial charge in [-0.2, -0.15) is 8.42 Å². The van der Waals surface area contributed by atoms with Crippen molar-refractivity contribution in [1.29, 1.82) is 0 Å². The molecule has 4 aliphatic rings. The summed E-state index contributed by atoms with van der Waals surface area (Å²) >= 11 is 4.67. The Morgan fingerprint density at radius 3 is 2.47 bits per heavy atom. The zero-order valence-corrected chi connectivity index (χ0v) is 24.9. The van der Waals surface area contributed by atoms with Gasteiger partial charge in [0.15, 0.2) is 10.9 Å². The summed E-state index contributed by atoms with van der Waals surface area (Å²) < 4.78 is 30.3. The summed E-state index contributed by atoms with van der Waals surface area (Å²) in [5, 5.41) is 14.2. The number of aromatic nitrogens is 1. The van der Waals surface area contributed by atoms with Crippen molar-refractivity contribution in [2.45, 2.75) is 75.7 Å². The number of thiazole rings is 1. The highest BCUT2D eigenvalue weighted by molar-refractivity contribution is 9.10. The van der Waals surface area contributed by atoms with Crippen LogP contribution in [0.5, 0.6) is 0 Å². The van der Waals surface area contributed by atoms with Crippen LogP contribution < -0.4 is 5.73 Å². The fourth-order valence-corrected chi connectivity index (χ4v) is 9.60. The second kappa shape index (κ2) is 10.1. The van der Waals surface area contributed by atoms with Crippen LogP contribution >= 0.6 is 27.3 Å². The molecule has 0 radical (unpaired) electrons. The van der Waals surface area contributed by atoms with Gasteiger partial charge in [0.25, 0.3) is 10.1 Å². The van der Waals surface area contributed by atoms with E-state index in [1.165, 1.54) is 35.5 Å². The Labute approximate surface area is 236 Å². The molecule has 6 rings (SSSR count). The quantitative estimate of drug-likeness (QED) is 0.350. The number of anilines is 1. The van der Waals surface area contributed by atoms with Gasteiger partial charge < -0.3 is 10.8 Å². The average Bonchev–Trinajstić information content (AvgIpc) is 3.41. The number of carbonyl (C=O) groups excluding carboxylic acids is 1. The molecular formula is C28H35BrN2O5S2. The normalized spacial score (nSPS) is 36.3. The second-order valence-electron chi connectivity index (χ2n) is 11.8. The van der Waals surface area contributed by atoms with Gasteiger partial charge in [0.2, 0.25) is 0 Å². The minimum Gasteiger partial charge on any atom is -0.393 e. The lowest BCUT2D eigenvalue weighted by Gasteiger charge is -2.59. The van der Waals surface area contributed by atoms with Gasteiger partial charge in [-0.15, -0.1) is 11.3 Å². The Morgan fingerprint density at radius 1 is 1.13 bits per heavy atom. The van der Waals surface area contributed by atoms with Gasteiger partial charge >= 0.3 is 0 Å². The zero-order valence-electron chi connectivity index (χ0n) is 21.6. The number of aliphatic hydroxyl groups is 1. The van der Waals surface area contributed by atoms with E-state index in [1.54, 1.807) is 12.1 Å². The number of nitrogens with zero attached hydrogens (tertiary/aromatic N) is 1. The van der Waals surface area contributed by atoms with Crippen LogP contribution in [0.25, 0.3) is 0 Å². The summed E-state index contributed by atoms with van der Waals surface area (Å²) in [7, 11) is -4.04. The van der Waals surface area contributed by atoms with Crippen LogP contribution in [0.2, 0.25) is 0 Å². The molecule has 4 N–H and O–H groups in total. The van der Waals surface area contributed by atoms with E-state index in [2.05, 4.69) is 40.1 Å². The number of ketones is 1. The van der Waals surface area contributed by atoms with E-state index >= 15 is 0 Å². The lowest BCUT2D eigenvalue weighted by Crippen LogP contribution is -2.56. The molecule has 1 aromatic carbocycles. The lowest BCUT2D eigenvalue weighted by atomic mass is 9.46. The molecule has 3 fully saturated rings. The third-order valence-electron chi connectivity index (χ3n) is 9.90. The lowest BCUT2D eigenvalue weighted by molar-refractivity contribution is -0.129. The van der Waals surface area contributed by atoms with Gasteiger partial charge in [-0.1, -0.05) is 35.4 Å². The Bertz CT molecular complexity index is 1360. The van der Waals surface area contributed by atoms with Crippen molar-refractivity contribution in [3.63, 3.8) is 0 Å². The van der Waals surface area contributed by atoms with Crippen LogP contribution in [-0.4, -0.2) is 34.9 Å². The van der Waals surface area contributed by atoms with Gasteiger partial charge in [0.05, 0.1) is 16.7 Å². The van der Waals surface area contributed by atoms with Gasteiger partial charge in [-0.3, -0.25) is 9.35 Å². The number of carbonyl (C=O) groups is 1.